The van der Waals surface area contributed by atoms with Gasteiger partial charge in [-0.1, -0.05) is 0 Å². The molecule has 1 saturated carbocycles. The van der Waals surface area contributed by atoms with E-state index >= 15 is 0 Å². The lowest BCUT2D eigenvalue weighted by Crippen LogP contribution is -1.93. The van der Waals surface area contributed by atoms with E-state index in [0.29, 0.717) is 17.6 Å². The number of ketones is 1. The third-order valence-corrected chi connectivity index (χ3v) is 3.57. The molecular formula is C10H12OS. The van der Waals surface area contributed by atoms with Crippen molar-refractivity contribution in [2.24, 2.45) is 5.92 Å². The van der Waals surface area contributed by atoms with E-state index in [0.717, 1.165) is 6.42 Å². The Morgan fingerprint density at radius 2 is 2.33 bits per heavy atom. The number of Topliss-reactive ketones (excluding diaryl/α,β-unsaturated/α-hetero) is 1. The fraction of sp³-hybridized carbons (Fsp3) is 0.500. The summed E-state index contributed by atoms with van der Waals surface area (Å²) in [6, 6.07) is 4.29. The van der Waals surface area contributed by atoms with Gasteiger partial charge in [0.2, 0.25) is 0 Å². The van der Waals surface area contributed by atoms with Gasteiger partial charge < -0.3 is 0 Å². The Balaban J connectivity index is 2.10. The highest BCUT2D eigenvalue weighted by atomic mass is 32.1. The predicted octanol–water partition coefficient (Wildman–Crippen LogP) is 2.75. The smallest absolute Gasteiger partial charge is 0.133 e. The molecular weight excluding hydrogens is 168 g/mol. The lowest BCUT2D eigenvalue weighted by molar-refractivity contribution is -0.118. The Labute approximate surface area is 76.4 Å². The van der Waals surface area contributed by atoms with Crippen LogP contribution in [0.5, 0.6) is 0 Å². The number of rotatable bonds is 2. The Bertz CT molecular complexity index is 313. The van der Waals surface area contributed by atoms with E-state index in [1.807, 2.05) is 11.3 Å². The van der Waals surface area contributed by atoms with Crippen LogP contribution in [0.3, 0.4) is 0 Å². The molecule has 0 amide bonds. The molecule has 1 heterocycles. The monoisotopic (exact) mass is 180 g/mol. The number of aryl methyl sites for hydroxylation is 1. The molecule has 1 aromatic heterocycles. The molecule has 0 bridgehead atoms. The van der Waals surface area contributed by atoms with E-state index < -0.39 is 0 Å². The molecule has 2 atom stereocenters. The molecule has 1 nitrogen and oxygen atoms in total. The van der Waals surface area contributed by atoms with Crippen molar-refractivity contribution in [2.75, 3.05) is 0 Å². The second-order valence-corrected chi connectivity index (χ2v) is 4.83. The van der Waals surface area contributed by atoms with Crippen molar-refractivity contribution in [3.05, 3.63) is 21.9 Å². The number of hydrogen-bond donors (Lipinski definition) is 0. The van der Waals surface area contributed by atoms with Gasteiger partial charge in [-0.25, -0.2) is 0 Å². The molecule has 1 aliphatic rings. The molecule has 1 aromatic rings. The maximum atomic E-state index is 11.0. The lowest BCUT2D eigenvalue weighted by atomic mass is 10.2. The van der Waals surface area contributed by atoms with E-state index in [9.17, 15) is 4.79 Å². The summed E-state index contributed by atoms with van der Waals surface area (Å²) in [5.41, 5.74) is 0. The SMILES string of the molecule is CC(=O)[C@@H]1C[C@@H]1c1ccc(C)s1. The van der Waals surface area contributed by atoms with Crippen LogP contribution in [0, 0.1) is 12.8 Å². The molecule has 0 aromatic carbocycles. The highest BCUT2D eigenvalue weighted by molar-refractivity contribution is 7.12. The zero-order valence-corrected chi connectivity index (χ0v) is 8.15. The minimum atomic E-state index is 0.336. The fourth-order valence-corrected chi connectivity index (χ4v) is 2.67. The van der Waals surface area contributed by atoms with Gasteiger partial charge >= 0.3 is 0 Å². The molecule has 0 spiro atoms. The number of thiophene rings is 1. The van der Waals surface area contributed by atoms with Gasteiger partial charge in [0.15, 0.2) is 0 Å². The van der Waals surface area contributed by atoms with E-state index in [4.69, 9.17) is 0 Å². The van der Waals surface area contributed by atoms with Crippen molar-refractivity contribution in [3.8, 4) is 0 Å². The van der Waals surface area contributed by atoms with Crippen LogP contribution in [-0.2, 0) is 4.79 Å². The van der Waals surface area contributed by atoms with Gasteiger partial charge in [0.1, 0.15) is 5.78 Å². The molecule has 0 radical (unpaired) electrons. The van der Waals surface area contributed by atoms with Gasteiger partial charge in [-0.15, -0.1) is 11.3 Å². The molecule has 0 N–H and O–H groups in total. The molecule has 1 aliphatic carbocycles. The molecule has 1 fully saturated rings. The van der Waals surface area contributed by atoms with Crippen molar-refractivity contribution in [3.63, 3.8) is 0 Å². The molecule has 64 valence electrons. The maximum Gasteiger partial charge on any atom is 0.133 e. The van der Waals surface area contributed by atoms with E-state index in [1.165, 1.54) is 9.75 Å². The topological polar surface area (TPSA) is 17.1 Å². The molecule has 0 saturated heterocycles. The van der Waals surface area contributed by atoms with Gasteiger partial charge in [-0.3, -0.25) is 4.79 Å². The van der Waals surface area contributed by atoms with Crippen LogP contribution in [0.15, 0.2) is 12.1 Å². The normalized spacial score (nSPS) is 27.2. The summed E-state index contributed by atoms with van der Waals surface area (Å²) in [6.07, 6.45) is 1.08. The standard InChI is InChI=1S/C10H12OS/c1-6-3-4-10(12-6)9-5-8(9)7(2)11/h3-4,8-9H,5H2,1-2H3/t8-,9-/m0/s1. The quantitative estimate of drug-likeness (QED) is 0.684. The van der Waals surface area contributed by atoms with Crippen molar-refractivity contribution >= 4 is 17.1 Å². The molecule has 12 heavy (non-hydrogen) atoms. The summed E-state index contributed by atoms with van der Waals surface area (Å²) in [5, 5.41) is 0. The minimum absolute atomic E-state index is 0.336. The summed E-state index contributed by atoms with van der Waals surface area (Å²) < 4.78 is 0. The number of hydrogen-bond acceptors (Lipinski definition) is 2. The summed E-state index contributed by atoms with van der Waals surface area (Å²) in [5.74, 6) is 1.25. The molecule has 0 unspecified atom stereocenters. The van der Waals surface area contributed by atoms with Gasteiger partial charge in [0.05, 0.1) is 0 Å². The first kappa shape index (κ1) is 7.99. The zero-order valence-electron chi connectivity index (χ0n) is 7.33. The summed E-state index contributed by atoms with van der Waals surface area (Å²) in [7, 11) is 0. The summed E-state index contributed by atoms with van der Waals surface area (Å²) >= 11 is 1.83. The van der Waals surface area contributed by atoms with Crippen LogP contribution < -0.4 is 0 Å². The zero-order chi connectivity index (χ0) is 8.72. The van der Waals surface area contributed by atoms with Crippen molar-refractivity contribution in [1.29, 1.82) is 0 Å². The third kappa shape index (κ3) is 1.31. The van der Waals surface area contributed by atoms with Gasteiger partial charge in [0.25, 0.3) is 0 Å². The lowest BCUT2D eigenvalue weighted by Gasteiger charge is -1.90. The van der Waals surface area contributed by atoms with Crippen LogP contribution in [0.25, 0.3) is 0 Å². The Kier molecular flexibility index (Phi) is 1.80. The molecule has 0 aliphatic heterocycles. The maximum absolute atomic E-state index is 11.0. The average molecular weight is 180 g/mol. The average Bonchev–Trinajstić information content (AvgIpc) is 2.70. The van der Waals surface area contributed by atoms with Crippen LogP contribution in [0.4, 0.5) is 0 Å². The first-order valence-electron chi connectivity index (χ1n) is 4.25. The first-order chi connectivity index (χ1) is 5.68. The minimum Gasteiger partial charge on any atom is -0.300 e. The van der Waals surface area contributed by atoms with Crippen LogP contribution in [0.2, 0.25) is 0 Å². The predicted molar refractivity (Wildman–Crippen MR) is 50.6 cm³/mol. The van der Waals surface area contributed by atoms with Crippen molar-refractivity contribution < 1.29 is 4.79 Å². The van der Waals surface area contributed by atoms with Gasteiger partial charge in [0, 0.05) is 21.6 Å². The fourth-order valence-electron chi connectivity index (χ4n) is 1.61. The molecule has 2 rings (SSSR count). The third-order valence-electron chi connectivity index (χ3n) is 2.44. The number of carbonyl (C=O) groups excluding carboxylic acids is 1. The van der Waals surface area contributed by atoms with Crippen molar-refractivity contribution in [1.82, 2.24) is 0 Å². The van der Waals surface area contributed by atoms with Crippen LogP contribution in [-0.4, -0.2) is 5.78 Å². The van der Waals surface area contributed by atoms with Gasteiger partial charge in [-0.2, -0.15) is 0 Å². The summed E-state index contributed by atoms with van der Waals surface area (Å²) in [4.78, 5) is 13.7. The number of carbonyl (C=O) groups is 1. The Morgan fingerprint density at radius 1 is 1.58 bits per heavy atom. The van der Waals surface area contributed by atoms with E-state index in [1.54, 1.807) is 6.92 Å². The van der Waals surface area contributed by atoms with Crippen LogP contribution >= 0.6 is 11.3 Å². The largest absolute Gasteiger partial charge is 0.300 e. The van der Waals surface area contributed by atoms with Gasteiger partial charge in [-0.05, 0) is 32.4 Å². The van der Waals surface area contributed by atoms with Crippen LogP contribution in [0.1, 0.15) is 29.0 Å². The first-order valence-corrected chi connectivity index (χ1v) is 5.07. The summed E-state index contributed by atoms with van der Waals surface area (Å²) in [6.45, 7) is 3.81. The highest BCUT2D eigenvalue weighted by Gasteiger charge is 2.42. The highest BCUT2D eigenvalue weighted by Crippen LogP contribution is 2.49. The second kappa shape index (κ2) is 2.70. The Hall–Kier alpha value is -0.630. The van der Waals surface area contributed by atoms with E-state index in [-0.39, 0.29) is 0 Å². The molecule has 2 heteroatoms. The Morgan fingerprint density at radius 3 is 2.75 bits per heavy atom. The van der Waals surface area contributed by atoms with Crippen molar-refractivity contribution in [2.45, 2.75) is 26.2 Å². The van der Waals surface area contributed by atoms with E-state index in [2.05, 4.69) is 19.1 Å². The second-order valence-electron chi connectivity index (χ2n) is 3.51.